The molecule has 88 valence electrons. The summed E-state index contributed by atoms with van der Waals surface area (Å²) in [6.07, 6.45) is -1.28. The molecule has 1 aromatic carbocycles. The third kappa shape index (κ3) is 2.13. The molecule has 7 heteroatoms. The van der Waals surface area contributed by atoms with Crippen molar-refractivity contribution in [2.24, 2.45) is 0 Å². The Hall–Kier alpha value is -2.05. The van der Waals surface area contributed by atoms with E-state index in [2.05, 4.69) is 0 Å². The summed E-state index contributed by atoms with van der Waals surface area (Å²) in [6.45, 7) is 0. The predicted octanol–water partition coefficient (Wildman–Crippen LogP) is 1.07. The van der Waals surface area contributed by atoms with Crippen LogP contribution in [0.25, 0.3) is 0 Å². The highest BCUT2D eigenvalue weighted by molar-refractivity contribution is 5.76. The van der Waals surface area contributed by atoms with Crippen LogP contribution in [0, 0.1) is 0 Å². The molecule has 0 unspecified atom stereocenters. The molecule has 5 nitrogen and oxygen atoms in total. The summed E-state index contributed by atoms with van der Waals surface area (Å²) in [4.78, 5) is 10.1. The molecule has 0 spiro atoms. The Bertz CT molecular complexity index is 430. The van der Waals surface area contributed by atoms with Gasteiger partial charge in [0.1, 0.15) is 0 Å². The minimum atomic E-state index is -4.05. The Labute approximate surface area is 88.2 Å². The lowest BCUT2D eigenvalue weighted by atomic mass is 10.1. The van der Waals surface area contributed by atoms with Crippen molar-refractivity contribution in [3.8, 4) is 17.2 Å². The quantitative estimate of drug-likeness (QED) is 0.586. The Balaban J connectivity index is 3.08. The summed E-state index contributed by atoms with van der Waals surface area (Å²) < 4.78 is 25.6. The summed E-state index contributed by atoms with van der Waals surface area (Å²) in [6, 6.07) is 1.78. The average molecular weight is 234 g/mol. The van der Waals surface area contributed by atoms with Crippen LogP contribution >= 0.6 is 0 Å². The van der Waals surface area contributed by atoms with E-state index in [-0.39, 0.29) is 0 Å². The average Bonchev–Trinajstić information content (AvgIpc) is 2.19. The smallest absolute Gasteiger partial charge is 0.374 e. The lowest BCUT2D eigenvalue weighted by Crippen LogP contribution is -2.30. The Morgan fingerprint density at radius 1 is 1.19 bits per heavy atom. The zero-order valence-electron chi connectivity index (χ0n) is 7.81. The maximum Gasteiger partial charge on any atom is 0.374 e. The number of aliphatic carboxylic acids is 1. The molecule has 0 radical (unpaired) electrons. The molecule has 0 aliphatic rings. The molecule has 0 aliphatic carbocycles. The second kappa shape index (κ2) is 3.84. The number of phenols is 3. The van der Waals surface area contributed by atoms with E-state index in [1.54, 1.807) is 0 Å². The van der Waals surface area contributed by atoms with E-state index >= 15 is 0 Å². The molecule has 16 heavy (non-hydrogen) atoms. The van der Waals surface area contributed by atoms with Crippen LogP contribution in [0.2, 0.25) is 0 Å². The van der Waals surface area contributed by atoms with Gasteiger partial charge in [-0.1, -0.05) is 6.07 Å². The van der Waals surface area contributed by atoms with E-state index in [4.69, 9.17) is 15.3 Å². The van der Waals surface area contributed by atoms with Gasteiger partial charge in [0, 0.05) is 5.56 Å². The largest absolute Gasteiger partial charge is 0.504 e. The number of hydrogen-bond donors (Lipinski definition) is 4. The number of halogens is 2. The molecule has 0 amide bonds. The van der Waals surface area contributed by atoms with Crippen LogP contribution in [0.5, 0.6) is 17.2 Å². The van der Waals surface area contributed by atoms with Gasteiger partial charge in [-0.3, -0.25) is 0 Å². The summed E-state index contributed by atoms with van der Waals surface area (Å²) in [5.41, 5.74) is -0.470. The molecule has 1 rings (SSSR count). The van der Waals surface area contributed by atoms with Gasteiger partial charge in [-0.15, -0.1) is 0 Å². The number of rotatable bonds is 3. The number of carbonyl (C=O) groups is 1. The van der Waals surface area contributed by atoms with Crippen molar-refractivity contribution in [1.29, 1.82) is 0 Å². The van der Waals surface area contributed by atoms with Gasteiger partial charge in [-0.25, -0.2) is 4.79 Å². The summed E-state index contributed by atoms with van der Waals surface area (Å²) >= 11 is 0. The van der Waals surface area contributed by atoms with Crippen molar-refractivity contribution in [1.82, 2.24) is 0 Å². The number of hydrogen-bond acceptors (Lipinski definition) is 4. The van der Waals surface area contributed by atoms with Crippen LogP contribution < -0.4 is 0 Å². The van der Waals surface area contributed by atoms with E-state index in [0.717, 1.165) is 12.1 Å². The predicted molar refractivity (Wildman–Crippen MR) is 47.7 cm³/mol. The maximum absolute atomic E-state index is 12.8. The summed E-state index contributed by atoms with van der Waals surface area (Å²) in [5.74, 6) is -8.99. The summed E-state index contributed by atoms with van der Waals surface area (Å²) in [5, 5.41) is 35.3. The van der Waals surface area contributed by atoms with E-state index in [1.807, 2.05) is 0 Å². The van der Waals surface area contributed by atoms with E-state index in [0.29, 0.717) is 0 Å². The molecule has 4 N–H and O–H groups in total. The minimum Gasteiger partial charge on any atom is -0.504 e. The highest BCUT2D eigenvalue weighted by Gasteiger charge is 2.39. The van der Waals surface area contributed by atoms with Crippen molar-refractivity contribution >= 4 is 5.97 Å². The van der Waals surface area contributed by atoms with Gasteiger partial charge in [-0.05, 0) is 6.07 Å². The summed E-state index contributed by atoms with van der Waals surface area (Å²) in [7, 11) is 0. The van der Waals surface area contributed by atoms with Crippen LogP contribution in [0.1, 0.15) is 5.56 Å². The van der Waals surface area contributed by atoms with Gasteiger partial charge in [0.05, 0.1) is 6.42 Å². The van der Waals surface area contributed by atoms with Gasteiger partial charge < -0.3 is 20.4 Å². The molecular formula is C9H8F2O5. The van der Waals surface area contributed by atoms with Crippen LogP contribution in [0.15, 0.2) is 12.1 Å². The van der Waals surface area contributed by atoms with E-state index in [9.17, 15) is 18.7 Å². The van der Waals surface area contributed by atoms with Gasteiger partial charge in [0.2, 0.25) is 5.75 Å². The Kier molecular flexibility index (Phi) is 2.88. The normalized spacial score (nSPS) is 11.4. The number of carboxylic acid groups (broad SMARTS) is 1. The monoisotopic (exact) mass is 234 g/mol. The van der Waals surface area contributed by atoms with Gasteiger partial charge in [0.15, 0.2) is 11.5 Å². The molecular weight excluding hydrogens is 226 g/mol. The number of alkyl halides is 2. The van der Waals surface area contributed by atoms with Crippen LogP contribution in [-0.4, -0.2) is 32.3 Å². The first-order chi connectivity index (χ1) is 7.25. The minimum absolute atomic E-state index is 0.470. The van der Waals surface area contributed by atoms with Gasteiger partial charge >= 0.3 is 11.9 Å². The highest BCUT2D eigenvalue weighted by Crippen LogP contribution is 2.39. The van der Waals surface area contributed by atoms with Crippen molar-refractivity contribution in [2.45, 2.75) is 12.3 Å². The molecule has 0 saturated carbocycles. The van der Waals surface area contributed by atoms with E-state index < -0.39 is 41.1 Å². The first-order valence-corrected chi connectivity index (χ1v) is 4.09. The van der Waals surface area contributed by atoms with Crippen LogP contribution in [0.4, 0.5) is 8.78 Å². The molecule has 0 aliphatic heterocycles. The fourth-order valence-corrected chi connectivity index (χ4v) is 1.07. The second-order valence-corrected chi connectivity index (χ2v) is 3.13. The maximum atomic E-state index is 12.8. The first-order valence-electron chi connectivity index (χ1n) is 4.09. The second-order valence-electron chi connectivity index (χ2n) is 3.13. The van der Waals surface area contributed by atoms with Crippen molar-refractivity contribution in [3.05, 3.63) is 17.7 Å². The lowest BCUT2D eigenvalue weighted by molar-refractivity contribution is -0.164. The SMILES string of the molecule is O=C(O)C(F)(F)Cc1ccc(O)c(O)c1O. The van der Waals surface area contributed by atoms with Crippen LogP contribution in [-0.2, 0) is 11.2 Å². The van der Waals surface area contributed by atoms with Crippen molar-refractivity contribution < 1.29 is 34.0 Å². The number of aromatic hydroxyl groups is 3. The third-order valence-electron chi connectivity index (χ3n) is 1.94. The molecule has 0 heterocycles. The van der Waals surface area contributed by atoms with Crippen LogP contribution in [0.3, 0.4) is 0 Å². The number of benzene rings is 1. The van der Waals surface area contributed by atoms with Crippen molar-refractivity contribution in [3.63, 3.8) is 0 Å². The Morgan fingerprint density at radius 2 is 1.75 bits per heavy atom. The van der Waals surface area contributed by atoms with Crippen molar-refractivity contribution in [2.75, 3.05) is 0 Å². The fourth-order valence-electron chi connectivity index (χ4n) is 1.07. The first kappa shape index (κ1) is 12.0. The molecule has 1 aromatic rings. The lowest BCUT2D eigenvalue weighted by Gasteiger charge is -2.13. The zero-order valence-corrected chi connectivity index (χ0v) is 7.81. The van der Waals surface area contributed by atoms with Gasteiger partial charge in [0.25, 0.3) is 0 Å². The fraction of sp³-hybridized carbons (Fsp3) is 0.222. The number of phenolic OH excluding ortho intramolecular Hbond substituents is 3. The molecule has 0 fully saturated rings. The highest BCUT2D eigenvalue weighted by atomic mass is 19.3. The molecule has 0 aromatic heterocycles. The van der Waals surface area contributed by atoms with E-state index in [1.165, 1.54) is 0 Å². The third-order valence-corrected chi connectivity index (χ3v) is 1.94. The molecule has 0 atom stereocenters. The zero-order chi connectivity index (χ0) is 12.5. The molecule has 0 saturated heterocycles. The van der Waals surface area contributed by atoms with Gasteiger partial charge in [-0.2, -0.15) is 8.78 Å². The molecule has 0 bridgehead atoms. The standard InChI is InChI=1S/C9H8F2O5/c10-9(11,8(15)16)3-4-1-2-5(12)7(14)6(4)13/h1-2,12-14H,3H2,(H,15,16). The number of carboxylic acids is 1. The topological polar surface area (TPSA) is 98.0 Å². The Morgan fingerprint density at radius 3 is 2.25 bits per heavy atom.